The van der Waals surface area contributed by atoms with Gasteiger partial charge in [0.15, 0.2) is 11.2 Å². The van der Waals surface area contributed by atoms with Gasteiger partial charge in [0.2, 0.25) is 0 Å². The van der Waals surface area contributed by atoms with E-state index in [1.807, 2.05) is 0 Å². The predicted octanol–water partition coefficient (Wildman–Crippen LogP) is 2.18. The number of oxazole rings is 1. The number of para-hydroxylation sites is 1. The number of nitrogens with zero attached hydrogens (tertiary/aromatic N) is 1. The summed E-state index contributed by atoms with van der Waals surface area (Å²) in [7, 11) is 0. The molecule has 3 aromatic rings. The molecule has 0 radical (unpaired) electrons. The van der Waals surface area contributed by atoms with Crippen molar-refractivity contribution < 1.29 is 8.83 Å². The van der Waals surface area contributed by atoms with Crippen molar-refractivity contribution >= 4 is 11.0 Å². The molecule has 1 aromatic carbocycles. The summed E-state index contributed by atoms with van der Waals surface area (Å²) in [5.41, 5.74) is 0.398. The van der Waals surface area contributed by atoms with Gasteiger partial charge in [0.1, 0.15) is 11.8 Å². The number of hydrogen-bond acceptors (Lipinski definition) is 4. The van der Waals surface area contributed by atoms with Gasteiger partial charge in [0.25, 0.3) is 5.89 Å². The van der Waals surface area contributed by atoms with Gasteiger partial charge in [-0.2, -0.15) is 0 Å². The molecule has 0 aliphatic heterocycles. The van der Waals surface area contributed by atoms with Gasteiger partial charge in [-0.05, 0) is 18.1 Å². The molecular formula is C14H7NO3. The lowest BCUT2D eigenvalue weighted by molar-refractivity contribution is 0.543. The first-order valence-corrected chi connectivity index (χ1v) is 5.27. The van der Waals surface area contributed by atoms with Gasteiger partial charge in [-0.15, -0.1) is 0 Å². The lowest BCUT2D eigenvalue weighted by Gasteiger charge is -1.95. The fraction of sp³-hybridized carbons (Fsp3) is 0. The Morgan fingerprint density at radius 3 is 2.89 bits per heavy atom. The van der Waals surface area contributed by atoms with Crippen LogP contribution >= 0.6 is 0 Å². The van der Waals surface area contributed by atoms with Crippen molar-refractivity contribution in [3.05, 3.63) is 64.7 Å². The van der Waals surface area contributed by atoms with Crippen LogP contribution < -0.4 is 5.43 Å². The van der Waals surface area contributed by atoms with Gasteiger partial charge >= 0.3 is 0 Å². The molecule has 4 heteroatoms. The molecule has 0 atom stereocenters. The predicted molar refractivity (Wildman–Crippen MR) is 65.0 cm³/mol. The summed E-state index contributed by atoms with van der Waals surface area (Å²) >= 11 is 0. The quantitative estimate of drug-likeness (QED) is 0.562. The topological polar surface area (TPSA) is 56.2 Å². The third-order valence-corrected chi connectivity index (χ3v) is 2.36. The average molecular weight is 237 g/mol. The SMILES string of the molecule is O=c1cc(C#Cc2ncco2)oc2ccccc12. The molecule has 2 aromatic heterocycles. The highest BCUT2D eigenvalue weighted by Gasteiger charge is 2.01. The molecule has 0 aliphatic rings. The summed E-state index contributed by atoms with van der Waals surface area (Å²) in [5.74, 6) is 5.95. The van der Waals surface area contributed by atoms with E-state index in [-0.39, 0.29) is 17.1 Å². The zero-order valence-corrected chi connectivity index (χ0v) is 9.21. The molecule has 3 rings (SSSR count). The van der Waals surface area contributed by atoms with Crippen molar-refractivity contribution in [3.63, 3.8) is 0 Å². The van der Waals surface area contributed by atoms with Crippen LogP contribution in [0.4, 0.5) is 0 Å². The molecule has 2 heterocycles. The minimum Gasteiger partial charge on any atom is -0.447 e. The van der Waals surface area contributed by atoms with E-state index in [1.54, 1.807) is 24.3 Å². The lowest BCUT2D eigenvalue weighted by Crippen LogP contribution is -2.00. The first kappa shape index (κ1) is 10.4. The van der Waals surface area contributed by atoms with E-state index in [1.165, 1.54) is 18.5 Å². The van der Waals surface area contributed by atoms with Crippen LogP contribution in [0.3, 0.4) is 0 Å². The van der Waals surface area contributed by atoms with E-state index in [9.17, 15) is 4.79 Å². The van der Waals surface area contributed by atoms with Crippen LogP contribution in [-0.2, 0) is 0 Å². The first-order valence-electron chi connectivity index (χ1n) is 5.27. The molecule has 0 saturated heterocycles. The highest BCUT2D eigenvalue weighted by Crippen LogP contribution is 2.10. The van der Waals surface area contributed by atoms with Crippen molar-refractivity contribution in [1.29, 1.82) is 0 Å². The molecule has 4 nitrogen and oxygen atoms in total. The maximum Gasteiger partial charge on any atom is 0.273 e. The number of benzene rings is 1. The molecule has 86 valence electrons. The number of fused-ring (bicyclic) bond motifs is 1. The molecule has 0 aliphatic carbocycles. The summed E-state index contributed by atoms with van der Waals surface area (Å²) < 4.78 is 10.5. The molecule has 0 N–H and O–H groups in total. The molecular weight excluding hydrogens is 230 g/mol. The average Bonchev–Trinajstić information content (AvgIpc) is 2.90. The van der Waals surface area contributed by atoms with Crippen molar-refractivity contribution in [3.8, 4) is 11.8 Å². The fourth-order valence-corrected chi connectivity index (χ4v) is 1.57. The van der Waals surface area contributed by atoms with Crippen LogP contribution in [-0.4, -0.2) is 4.98 Å². The Balaban J connectivity index is 2.11. The van der Waals surface area contributed by atoms with Crippen molar-refractivity contribution in [1.82, 2.24) is 4.98 Å². The van der Waals surface area contributed by atoms with E-state index in [0.29, 0.717) is 11.0 Å². The second kappa shape index (κ2) is 4.22. The molecule has 0 spiro atoms. The van der Waals surface area contributed by atoms with Gasteiger partial charge in [0, 0.05) is 12.0 Å². The maximum atomic E-state index is 11.8. The molecule has 0 bridgehead atoms. The van der Waals surface area contributed by atoms with Crippen LogP contribution in [0.25, 0.3) is 11.0 Å². The molecule has 18 heavy (non-hydrogen) atoms. The first-order chi connectivity index (χ1) is 8.83. The number of rotatable bonds is 0. The van der Waals surface area contributed by atoms with Crippen LogP contribution in [0.2, 0.25) is 0 Å². The maximum absolute atomic E-state index is 11.8. The summed E-state index contributed by atoms with van der Waals surface area (Å²) in [6.45, 7) is 0. The molecule has 0 amide bonds. The Labute approximate surface area is 102 Å². The summed E-state index contributed by atoms with van der Waals surface area (Å²) in [5, 5.41) is 0.541. The molecule has 0 saturated carbocycles. The minimum atomic E-state index is -0.117. The normalized spacial score (nSPS) is 10.0. The standard InChI is InChI=1S/C14H7NO3/c16-12-9-10(5-6-14-15-7-8-17-14)18-13-4-2-1-3-11(12)13/h1-4,7-9H. The number of hydrogen-bond donors (Lipinski definition) is 0. The van der Waals surface area contributed by atoms with Crippen molar-refractivity contribution in [2.75, 3.05) is 0 Å². The van der Waals surface area contributed by atoms with E-state index >= 15 is 0 Å². The summed E-state index contributed by atoms with van der Waals surface area (Å²) in [6.07, 6.45) is 2.93. The number of aromatic nitrogens is 1. The Morgan fingerprint density at radius 2 is 2.06 bits per heavy atom. The smallest absolute Gasteiger partial charge is 0.273 e. The second-order valence-corrected chi connectivity index (χ2v) is 3.56. The Hall–Kier alpha value is -2.80. The molecule has 0 unspecified atom stereocenters. The van der Waals surface area contributed by atoms with E-state index in [0.717, 1.165) is 0 Å². The van der Waals surface area contributed by atoms with Crippen LogP contribution in [0, 0.1) is 11.8 Å². The third-order valence-electron chi connectivity index (χ3n) is 2.36. The molecule has 0 fully saturated rings. The monoisotopic (exact) mass is 237 g/mol. The fourth-order valence-electron chi connectivity index (χ4n) is 1.57. The Morgan fingerprint density at radius 1 is 1.17 bits per heavy atom. The van der Waals surface area contributed by atoms with E-state index in [2.05, 4.69) is 16.8 Å². The second-order valence-electron chi connectivity index (χ2n) is 3.56. The van der Waals surface area contributed by atoms with Gasteiger partial charge in [-0.25, -0.2) is 4.98 Å². The van der Waals surface area contributed by atoms with Crippen LogP contribution in [0.15, 0.2) is 56.4 Å². The van der Waals surface area contributed by atoms with E-state index in [4.69, 9.17) is 8.83 Å². The highest BCUT2D eigenvalue weighted by atomic mass is 16.3. The van der Waals surface area contributed by atoms with Crippen molar-refractivity contribution in [2.24, 2.45) is 0 Å². The van der Waals surface area contributed by atoms with Gasteiger partial charge < -0.3 is 8.83 Å². The van der Waals surface area contributed by atoms with Gasteiger partial charge in [0.05, 0.1) is 11.6 Å². The van der Waals surface area contributed by atoms with Crippen LogP contribution in [0.5, 0.6) is 0 Å². The van der Waals surface area contributed by atoms with Gasteiger partial charge in [-0.1, -0.05) is 12.1 Å². The summed E-state index contributed by atoms with van der Waals surface area (Å²) in [6, 6.07) is 8.39. The Kier molecular flexibility index (Phi) is 2.43. The Bertz CT molecular complexity index is 804. The zero-order valence-electron chi connectivity index (χ0n) is 9.21. The van der Waals surface area contributed by atoms with Crippen LogP contribution in [0.1, 0.15) is 11.7 Å². The van der Waals surface area contributed by atoms with Gasteiger partial charge in [-0.3, -0.25) is 4.79 Å². The summed E-state index contributed by atoms with van der Waals surface area (Å²) in [4.78, 5) is 15.7. The zero-order chi connectivity index (χ0) is 12.4. The lowest BCUT2D eigenvalue weighted by atomic mass is 10.2. The highest BCUT2D eigenvalue weighted by molar-refractivity contribution is 5.76. The third kappa shape index (κ3) is 1.89. The largest absolute Gasteiger partial charge is 0.447 e. The van der Waals surface area contributed by atoms with Crippen molar-refractivity contribution in [2.45, 2.75) is 0 Å². The minimum absolute atomic E-state index is 0.117. The van der Waals surface area contributed by atoms with E-state index < -0.39 is 0 Å².